The van der Waals surface area contributed by atoms with Crippen LogP contribution in [-0.4, -0.2) is 17.4 Å². The molecule has 4 heteroatoms. The van der Waals surface area contributed by atoms with Crippen molar-refractivity contribution < 1.29 is 4.79 Å². The summed E-state index contributed by atoms with van der Waals surface area (Å²) in [6.07, 6.45) is 5.29. The van der Waals surface area contributed by atoms with Crippen LogP contribution in [0.4, 0.5) is 5.69 Å². The maximum atomic E-state index is 12.5. The van der Waals surface area contributed by atoms with E-state index in [-0.39, 0.29) is 11.3 Å². The molecule has 1 aromatic heterocycles. The van der Waals surface area contributed by atoms with Crippen LogP contribution in [0.15, 0.2) is 36.7 Å². The van der Waals surface area contributed by atoms with E-state index in [2.05, 4.69) is 17.2 Å². The maximum Gasteiger partial charge on any atom is 0.231 e. The van der Waals surface area contributed by atoms with Crippen molar-refractivity contribution >= 4 is 22.4 Å². The first kappa shape index (κ1) is 13.1. The number of nitrogens with zero attached hydrogens (tertiary/aromatic N) is 1. The zero-order valence-corrected chi connectivity index (χ0v) is 11.6. The summed E-state index contributed by atoms with van der Waals surface area (Å²) in [6, 6.07) is 7.76. The maximum absolute atomic E-state index is 12.5. The molecular formula is C16H19N3O. The fourth-order valence-electron chi connectivity index (χ4n) is 3.21. The van der Waals surface area contributed by atoms with Crippen molar-refractivity contribution in [2.24, 2.45) is 17.1 Å². The van der Waals surface area contributed by atoms with Gasteiger partial charge in [0.1, 0.15) is 0 Å². The van der Waals surface area contributed by atoms with Crippen molar-refractivity contribution in [3.8, 4) is 0 Å². The Labute approximate surface area is 118 Å². The number of rotatable bonds is 3. The smallest absolute Gasteiger partial charge is 0.231 e. The lowest BCUT2D eigenvalue weighted by molar-refractivity contribution is -0.132. The van der Waals surface area contributed by atoms with E-state index in [1.807, 2.05) is 24.3 Å². The van der Waals surface area contributed by atoms with Crippen molar-refractivity contribution in [2.45, 2.75) is 19.8 Å². The van der Waals surface area contributed by atoms with Gasteiger partial charge >= 0.3 is 0 Å². The molecular weight excluding hydrogens is 250 g/mol. The molecule has 1 aliphatic rings. The molecule has 1 amide bonds. The van der Waals surface area contributed by atoms with Crippen LogP contribution in [-0.2, 0) is 4.79 Å². The van der Waals surface area contributed by atoms with Gasteiger partial charge in [-0.3, -0.25) is 9.78 Å². The molecule has 3 N–H and O–H groups in total. The van der Waals surface area contributed by atoms with Crippen LogP contribution in [0.2, 0.25) is 0 Å². The van der Waals surface area contributed by atoms with Crippen molar-refractivity contribution in [3.63, 3.8) is 0 Å². The van der Waals surface area contributed by atoms with Crippen molar-refractivity contribution in [1.82, 2.24) is 4.98 Å². The van der Waals surface area contributed by atoms with Gasteiger partial charge in [-0.2, -0.15) is 0 Å². The fourth-order valence-corrected chi connectivity index (χ4v) is 3.21. The number of nitrogens with two attached hydrogens (primary N) is 1. The molecule has 1 aliphatic carbocycles. The number of carbonyl (C=O) groups excluding carboxylic acids is 1. The highest BCUT2D eigenvalue weighted by molar-refractivity contribution is 6.04. The number of hydrogen-bond donors (Lipinski definition) is 2. The van der Waals surface area contributed by atoms with Gasteiger partial charge in [-0.05, 0) is 30.9 Å². The number of fused-ring (bicyclic) bond motifs is 1. The second kappa shape index (κ2) is 4.87. The van der Waals surface area contributed by atoms with Gasteiger partial charge in [0.25, 0.3) is 0 Å². The van der Waals surface area contributed by atoms with Gasteiger partial charge in [-0.15, -0.1) is 0 Å². The summed E-state index contributed by atoms with van der Waals surface area (Å²) in [6.45, 7) is 2.57. The van der Waals surface area contributed by atoms with Gasteiger partial charge in [0.15, 0.2) is 0 Å². The molecule has 0 unspecified atom stereocenters. The molecule has 1 aromatic carbocycles. The monoisotopic (exact) mass is 269 g/mol. The predicted octanol–water partition coefficient (Wildman–Crippen LogP) is 2.55. The third-order valence-electron chi connectivity index (χ3n) is 4.28. The first-order chi connectivity index (χ1) is 9.64. The highest BCUT2D eigenvalue weighted by Gasteiger charge is 2.47. The summed E-state index contributed by atoms with van der Waals surface area (Å²) in [7, 11) is 0. The predicted molar refractivity (Wildman–Crippen MR) is 80.3 cm³/mol. The molecule has 0 aliphatic heterocycles. The molecule has 3 rings (SSSR count). The number of aromatic nitrogens is 1. The van der Waals surface area contributed by atoms with E-state index in [0.717, 1.165) is 29.3 Å². The summed E-state index contributed by atoms with van der Waals surface area (Å²) >= 11 is 0. The average Bonchev–Trinajstić information content (AvgIpc) is 2.44. The average molecular weight is 269 g/mol. The Morgan fingerprint density at radius 2 is 2.25 bits per heavy atom. The summed E-state index contributed by atoms with van der Waals surface area (Å²) < 4.78 is 0. The Hall–Kier alpha value is -1.94. The van der Waals surface area contributed by atoms with Crippen LogP contribution in [0.5, 0.6) is 0 Å². The molecule has 4 nitrogen and oxygen atoms in total. The van der Waals surface area contributed by atoms with Crippen LogP contribution in [0.25, 0.3) is 10.8 Å². The van der Waals surface area contributed by atoms with E-state index in [9.17, 15) is 4.79 Å². The zero-order chi connectivity index (χ0) is 14.2. The highest BCUT2D eigenvalue weighted by Crippen LogP contribution is 2.45. The van der Waals surface area contributed by atoms with Crippen LogP contribution in [0.3, 0.4) is 0 Å². The van der Waals surface area contributed by atoms with E-state index >= 15 is 0 Å². The standard InChI is InChI=1S/C16H19N3O/c1-11-7-16(8-11,10-17)15(20)19-14-4-2-3-12-9-18-6-5-13(12)14/h2-6,9,11H,7-8,10,17H2,1H3,(H,19,20). The fraction of sp³-hybridized carbons (Fsp3) is 0.375. The van der Waals surface area contributed by atoms with Crippen LogP contribution >= 0.6 is 0 Å². The lowest BCUT2D eigenvalue weighted by atomic mass is 9.62. The quantitative estimate of drug-likeness (QED) is 0.899. The minimum Gasteiger partial charge on any atom is -0.329 e. The molecule has 1 heterocycles. The number of carbonyl (C=O) groups is 1. The first-order valence-corrected chi connectivity index (χ1v) is 6.99. The second-order valence-corrected chi connectivity index (χ2v) is 5.85. The van der Waals surface area contributed by atoms with E-state index in [1.165, 1.54) is 0 Å². The van der Waals surface area contributed by atoms with Crippen LogP contribution < -0.4 is 11.1 Å². The van der Waals surface area contributed by atoms with Gasteiger partial charge < -0.3 is 11.1 Å². The van der Waals surface area contributed by atoms with Crippen LogP contribution in [0, 0.1) is 11.3 Å². The van der Waals surface area contributed by atoms with E-state index in [4.69, 9.17) is 5.73 Å². The molecule has 0 bridgehead atoms. The topological polar surface area (TPSA) is 68.0 Å². The van der Waals surface area contributed by atoms with E-state index in [0.29, 0.717) is 12.5 Å². The third kappa shape index (κ3) is 2.06. The summed E-state index contributed by atoms with van der Waals surface area (Å²) in [5.74, 6) is 0.628. The Balaban J connectivity index is 1.88. The van der Waals surface area contributed by atoms with E-state index in [1.54, 1.807) is 12.4 Å². The third-order valence-corrected chi connectivity index (χ3v) is 4.28. The Bertz CT molecular complexity index is 642. The Morgan fingerprint density at radius 3 is 2.95 bits per heavy atom. The van der Waals surface area contributed by atoms with Gasteiger partial charge in [0, 0.05) is 35.4 Å². The highest BCUT2D eigenvalue weighted by atomic mass is 16.2. The number of hydrogen-bond acceptors (Lipinski definition) is 3. The lowest BCUT2D eigenvalue weighted by Crippen LogP contribution is -2.51. The second-order valence-electron chi connectivity index (χ2n) is 5.85. The largest absolute Gasteiger partial charge is 0.329 e. The number of nitrogens with one attached hydrogen (secondary N) is 1. The zero-order valence-electron chi connectivity index (χ0n) is 11.6. The summed E-state index contributed by atoms with van der Waals surface area (Å²) in [4.78, 5) is 16.6. The van der Waals surface area contributed by atoms with Gasteiger partial charge in [0.2, 0.25) is 5.91 Å². The molecule has 0 spiro atoms. The summed E-state index contributed by atoms with van der Waals surface area (Å²) in [5.41, 5.74) is 6.28. The number of pyridine rings is 1. The lowest BCUT2D eigenvalue weighted by Gasteiger charge is -2.44. The molecule has 2 aromatic rings. The molecule has 0 radical (unpaired) electrons. The number of anilines is 1. The van der Waals surface area contributed by atoms with Crippen molar-refractivity contribution in [2.75, 3.05) is 11.9 Å². The first-order valence-electron chi connectivity index (χ1n) is 6.99. The molecule has 104 valence electrons. The summed E-state index contributed by atoms with van der Waals surface area (Å²) in [5, 5.41) is 5.08. The number of amides is 1. The van der Waals surface area contributed by atoms with Crippen LogP contribution in [0.1, 0.15) is 19.8 Å². The molecule has 0 atom stereocenters. The minimum atomic E-state index is -0.380. The minimum absolute atomic E-state index is 0.0439. The normalized spacial score (nSPS) is 25.2. The van der Waals surface area contributed by atoms with E-state index < -0.39 is 0 Å². The SMILES string of the molecule is CC1CC(CN)(C(=O)Nc2cccc3cnccc23)C1. The van der Waals surface area contributed by atoms with Crippen molar-refractivity contribution in [3.05, 3.63) is 36.7 Å². The Morgan fingerprint density at radius 1 is 1.45 bits per heavy atom. The Kier molecular flexibility index (Phi) is 3.18. The van der Waals surface area contributed by atoms with Crippen molar-refractivity contribution in [1.29, 1.82) is 0 Å². The molecule has 1 saturated carbocycles. The van der Waals surface area contributed by atoms with Gasteiger partial charge in [0.05, 0.1) is 5.41 Å². The van der Waals surface area contributed by atoms with Gasteiger partial charge in [-0.25, -0.2) is 0 Å². The molecule has 1 fully saturated rings. The molecule has 0 saturated heterocycles. The molecule has 20 heavy (non-hydrogen) atoms. The van der Waals surface area contributed by atoms with Gasteiger partial charge in [-0.1, -0.05) is 19.1 Å². The number of benzene rings is 1.